The number of ether oxygens (including phenoxy) is 2. The molecule has 0 bridgehead atoms. The van der Waals surface area contributed by atoms with E-state index in [-0.39, 0.29) is 23.9 Å². The van der Waals surface area contributed by atoms with E-state index in [0.717, 1.165) is 29.9 Å². The van der Waals surface area contributed by atoms with Crippen molar-refractivity contribution in [2.45, 2.75) is 64.2 Å². The van der Waals surface area contributed by atoms with Crippen LogP contribution in [0.2, 0.25) is 0 Å². The second kappa shape index (κ2) is 7.26. The highest BCUT2D eigenvalue weighted by Gasteiger charge is 2.37. The fourth-order valence-electron chi connectivity index (χ4n) is 4.51. The van der Waals surface area contributed by atoms with Crippen molar-refractivity contribution < 1.29 is 9.47 Å². The molecule has 29 heavy (non-hydrogen) atoms. The van der Waals surface area contributed by atoms with E-state index in [4.69, 9.17) is 15.2 Å². The van der Waals surface area contributed by atoms with Gasteiger partial charge in [-0.3, -0.25) is 0 Å². The van der Waals surface area contributed by atoms with E-state index in [1.165, 1.54) is 6.33 Å². The maximum atomic E-state index is 6.38. The third-order valence-electron chi connectivity index (χ3n) is 5.31. The summed E-state index contributed by atoms with van der Waals surface area (Å²) >= 11 is 0. The number of nitrogen functional groups attached to an aromatic ring is 1. The van der Waals surface area contributed by atoms with Crippen LogP contribution in [0, 0.1) is 0 Å². The Morgan fingerprint density at radius 1 is 1.07 bits per heavy atom. The van der Waals surface area contributed by atoms with Crippen LogP contribution in [0.4, 0.5) is 17.3 Å². The third-order valence-corrected chi connectivity index (χ3v) is 5.31. The zero-order valence-corrected chi connectivity index (χ0v) is 17.5. The second-order valence-electron chi connectivity index (χ2n) is 9.17. The van der Waals surface area contributed by atoms with Gasteiger partial charge in [0.05, 0.1) is 0 Å². The molecule has 5 N–H and O–H groups in total. The number of hydrogen-bond acceptors (Lipinski definition) is 8. The number of hydrogen-bond donors (Lipinski definition) is 4. The summed E-state index contributed by atoms with van der Waals surface area (Å²) in [6, 6.07) is 6.15. The molecule has 156 valence electrons. The largest absolute Gasteiger partial charge is 0.454 e. The summed E-state index contributed by atoms with van der Waals surface area (Å²) in [5, 5.41) is 10.5. The molecule has 0 amide bonds. The Hall–Kier alpha value is -2.74. The summed E-state index contributed by atoms with van der Waals surface area (Å²) in [5.74, 6) is 2.83. The normalized spacial score (nSPS) is 19.7. The lowest BCUT2D eigenvalue weighted by atomic mass is 9.79. The fourth-order valence-corrected chi connectivity index (χ4v) is 4.51. The topological polar surface area (TPSA) is 106 Å². The van der Waals surface area contributed by atoms with Gasteiger partial charge in [0.1, 0.15) is 12.0 Å². The Bertz CT molecular complexity index is 883. The Morgan fingerprint density at radius 2 is 1.76 bits per heavy atom. The average Bonchev–Trinajstić information content (AvgIpc) is 3.07. The zero-order chi connectivity index (χ0) is 20.6. The van der Waals surface area contributed by atoms with Crippen molar-refractivity contribution in [3.05, 3.63) is 30.1 Å². The molecule has 2 aliphatic heterocycles. The third kappa shape index (κ3) is 4.48. The van der Waals surface area contributed by atoms with Crippen molar-refractivity contribution in [2.24, 2.45) is 0 Å². The maximum absolute atomic E-state index is 6.38. The molecule has 3 heterocycles. The molecule has 8 heteroatoms. The number of nitrogens with zero attached hydrogens (tertiary/aromatic N) is 2. The summed E-state index contributed by atoms with van der Waals surface area (Å²) in [6.45, 7) is 9.75. The fraction of sp³-hybridized carbons (Fsp3) is 0.524. The van der Waals surface area contributed by atoms with Gasteiger partial charge in [0.15, 0.2) is 23.1 Å². The lowest BCUT2D eigenvalue weighted by molar-refractivity contribution is 0.170. The molecule has 1 aromatic heterocycles. The molecular formula is C21H30N6O2. The van der Waals surface area contributed by atoms with Gasteiger partial charge < -0.3 is 31.2 Å². The van der Waals surface area contributed by atoms with Crippen LogP contribution in [0.3, 0.4) is 0 Å². The van der Waals surface area contributed by atoms with Crippen LogP contribution >= 0.6 is 0 Å². The molecule has 0 spiro atoms. The van der Waals surface area contributed by atoms with Crippen LogP contribution in [-0.4, -0.2) is 33.9 Å². The number of aromatic nitrogens is 2. The van der Waals surface area contributed by atoms with E-state index in [1.807, 2.05) is 18.2 Å². The summed E-state index contributed by atoms with van der Waals surface area (Å²) < 4.78 is 10.8. The predicted octanol–water partition coefficient (Wildman–Crippen LogP) is 3.12. The molecule has 2 aromatic rings. The minimum atomic E-state index is 0.0433. The van der Waals surface area contributed by atoms with Gasteiger partial charge in [-0.2, -0.15) is 0 Å². The predicted molar refractivity (Wildman–Crippen MR) is 114 cm³/mol. The average molecular weight is 399 g/mol. The number of anilines is 3. The molecule has 0 saturated carbocycles. The van der Waals surface area contributed by atoms with Crippen LogP contribution in [0.5, 0.6) is 11.5 Å². The zero-order valence-electron chi connectivity index (χ0n) is 17.5. The molecule has 1 fully saturated rings. The summed E-state index contributed by atoms with van der Waals surface area (Å²) in [4.78, 5) is 8.71. The molecule has 4 rings (SSSR count). The lowest BCUT2D eigenvalue weighted by Gasteiger charge is -2.46. The monoisotopic (exact) mass is 398 g/mol. The van der Waals surface area contributed by atoms with Gasteiger partial charge in [-0.05, 0) is 58.2 Å². The van der Waals surface area contributed by atoms with Crippen LogP contribution in [0.1, 0.15) is 46.1 Å². The number of piperidine rings is 1. The highest BCUT2D eigenvalue weighted by Crippen LogP contribution is 2.34. The van der Waals surface area contributed by atoms with Crippen LogP contribution in [0.25, 0.3) is 0 Å². The smallest absolute Gasteiger partial charge is 0.231 e. The number of nitrogens with two attached hydrogens (primary N) is 1. The van der Waals surface area contributed by atoms with Crippen LogP contribution < -0.4 is 31.2 Å². The molecule has 8 nitrogen and oxygen atoms in total. The lowest BCUT2D eigenvalue weighted by Crippen LogP contribution is -2.60. The number of nitrogens with one attached hydrogen (secondary N) is 3. The van der Waals surface area contributed by atoms with Crippen LogP contribution in [-0.2, 0) is 6.54 Å². The Balaban J connectivity index is 1.45. The molecule has 1 aromatic carbocycles. The van der Waals surface area contributed by atoms with Gasteiger partial charge in [-0.25, -0.2) is 9.97 Å². The number of benzene rings is 1. The van der Waals surface area contributed by atoms with Gasteiger partial charge in [0, 0.05) is 23.7 Å². The second-order valence-corrected chi connectivity index (χ2v) is 9.17. The summed E-state index contributed by atoms with van der Waals surface area (Å²) in [6.07, 6.45) is 3.51. The summed E-state index contributed by atoms with van der Waals surface area (Å²) in [7, 11) is 0. The molecule has 0 atom stereocenters. The highest BCUT2D eigenvalue weighted by molar-refractivity contribution is 5.74. The molecule has 1 saturated heterocycles. The van der Waals surface area contributed by atoms with Crippen molar-refractivity contribution in [3.63, 3.8) is 0 Å². The van der Waals surface area contributed by atoms with Crippen molar-refractivity contribution in [1.82, 2.24) is 15.3 Å². The minimum Gasteiger partial charge on any atom is -0.454 e. The van der Waals surface area contributed by atoms with E-state index < -0.39 is 0 Å². The van der Waals surface area contributed by atoms with E-state index in [1.54, 1.807) is 0 Å². The van der Waals surface area contributed by atoms with Gasteiger partial charge in [0.2, 0.25) is 6.79 Å². The standard InChI is InChI=1S/C21H30N6O2/c1-20(2)8-14(9-21(3,4)27-20)26-19-17(22)18(24-11-25-19)23-10-13-5-6-15-16(7-13)29-12-28-15/h5-7,11,14,27H,8-10,12,22H2,1-4H3,(H2,23,24,25,26). The highest BCUT2D eigenvalue weighted by atomic mass is 16.7. The first-order valence-electron chi connectivity index (χ1n) is 10.00. The first-order valence-corrected chi connectivity index (χ1v) is 10.00. The number of fused-ring (bicyclic) bond motifs is 1. The Kier molecular flexibility index (Phi) is 4.90. The van der Waals surface area contributed by atoms with Crippen molar-refractivity contribution in [2.75, 3.05) is 23.2 Å². The van der Waals surface area contributed by atoms with E-state index in [9.17, 15) is 0 Å². The van der Waals surface area contributed by atoms with Crippen LogP contribution in [0.15, 0.2) is 24.5 Å². The van der Waals surface area contributed by atoms with E-state index in [2.05, 4.69) is 53.6 Å². The number of rotatable bonds is 5. The SMILES string of the molecule is CC1(C)CC(Nc2ncnc(NCc3ccc4c(c3)OCO4)c2N)CC(C)(C)N1. The molecule has 2 aliphatic rings. The quantitative estimate of drug-likeness (QED) is 0.609. The molecule has 0 radical (unpaired) electrons. The van der Waals surface area contributed by atoms with Crippen molar-refractivity contribution in [1.29, 1.82) is 0 Å². The van der Waals surface area contributed by atoms with Gasteiger partial charge >= 0.3 is 0 Å². The first-order chi connectivity index (χ1) is 13.7. The Labute approximate surface area is 171 Å². The molecule has 0 unspecified atom stereocenters. The van der Waals surface area contributed by atoms with Crippen molar-refractivity contribution >= 4 is 17.3 Å². The van der Waals surface area contributed by atoms with E-state index in [0.29, 0.717) is 23.9 Å². The maximum Gasteiger partial charge on any atom is 0.231 e. The Morgan fingerprint density at radius 3 is 2.52 bits per heavy atom. The molecular weight excluding hydrogens is 368 g/mol. The van der Waals surface area contributed by atoms with Crippen molar-refractivity contribution in [3.8, 4) is 11.5 Å². The minimum absolute atomic E-state index is 0.0433. The summed E-state index contributed by atoms with van der Waals surface area (Å²) in [5.41, 5.74) is 8.06. The first kappa shape index (κ1) is 19.6. The van der Waals surface area contributed by atoms with Gasteiger partial charge in [-0.1, -0.05) is 6.07 Å². The van der Waals surface area contributed by atoms with E-state index >= 15 is 0 Å². The van der Waals surface area contributed by atoms with Gasteiger partial charge in [0.25, 0.3) is 0 Å². The van der Waals surface area contributed by atoms with Gasteiger partial charge in [-0.15, -0.1) is 0 Å². The molecule has 0 aliphatic carbocycles.